The van der Waals surface area contributed by atoms with Crippen molar-refractivity contribution >= 4 is 32.7 Å². The number of carbonyl (C=O) groups excluding carboxylic acids is 1. The van der Waals surface area contributed by atoms with E-state index in [-0.39, 0.29) is 5.78 Å². The van der Waals surface area contributed by atoms with Crippen molar-refractivity contribution in [2.45, 2.75) is 26.7 Å². The molecule has 84 valence electrons. The van der Waals surface area contributed by atoms with Crippen LogP contribution in [0.15, 0.2) is 27.1 Å². The zero-order valence-corrected chi connectivity index (χ0v) is 10.9. The monoisotopic (exact) mass is 280 g/mol. The van der Waals surface area contributed by atoms with Crippen molar-refractivity contribution in [3.63, 3.8) is 0 Å². The lowest BCUT2D eigenvalue weighted by atomic mass is 10.1. The highest BCUT2D eigenvalue weighted by Crippen LogP contribution is 2.28. The molecule has 2 aromatic rings. The van der Waals surface area contributed by atoms with Crippen molar-refractivity contribution in [2.75, 3.05) is 0 Å². The lowest BCUT2D eigenvalue weighted by Crippen LogP contribution is -2.00. The van der Waals surface area contributed by atoms with E-state index in [1.54, 1.807) is 0 Å². The summed E-state index contributed by atoms with van der Waals surface area (Å²) >= 11 is 3.43. The Morgan fingerprint density at radius 2 is 2.19 bits per heavy atom. The molecule has 0 radical (unpaired) electrons. The fourth-order valence-electron chi connectivity index (χ4n) is 1.72. The van der Waals surface area contributed by atoms with E-state index >= 15 is 0 Å². The molecule has 0 atom stereocenters. The third-order valence-corrected chi connectivity index (χ3v) is 3.24. The van der Waals surface area contributed by atoms with Gasteiger partial charge in [-0.3, -0.25) is 4.79 Å². The summed E-state index contributed by atoms with van der Waals surface area (Å²) in [5.41, 5.74) is 1.91. The second-order valence-electron chi connectivity index (χ2n) is 3.86. The Bertz CT molecular complexity index is 540. The molecular weight excluding hydrogens is 268 g/mol. The molecule has 0 aliphatic heterocycles. The van der Waals surface area contributed by atoms with Gasteiger partial charge >= 0.3 is 0 Å². The number of ketones is 1. The van der Waals surface area contributed by atoms with Crippen LogP contribution in [0.25, 0.3) is 11.0 Å². The van der Waals surface area contributed by atoms with Gasteiger partial charge in [0.05, 0.1) is 6.42 Å². The number of furan rings is 1. The Morgan fingerprint density at radius 3 is 2.88 bits per heavy atom. The third-order valence-electron chi connectivity index (χ3n) is 2.75. The number of carbonyl (C=O) groups is 1. The molecule has 3 heteroatoms. The maximum absolute atomic E-state index is 11.4. The van der Waals surface area contributed by atoms with E-state index < -0.39 is 0 Å². The molecule has 1 heterocycles. The van der Waals surface area contributed by atoms with Crippen LogP contribution in [0.2, 0.25) is 0 Å². The minimum Gasteiger partial charge on any atom is -0.460 e. The normalized spacial score (nSPS) is 10.9. The number of fused-ring (bicyclic) bond motifs is 1. The number of halogens is 1. The standard InChI is InChI=1S/C13H13BrO2/c1-3-10(15)7-13-8(2)11-6-9(14)4-5-12(11)16-13/h4-6H,3,7H2,1-2H3. The topological polar surface area (TPSA) is 30.2 Å². The fraction of sp³-hybridized carbons (Fsp3) is 0.308. The number of hydrogen-bond acceptors (Lipinski definition) is 2. The highest BCUT2D eigenvalue weighted by molar-refractivity contribution is 9.10. The summed E-state index contributed by atoms with van der Waals surface area (Å²) in [4.78, 5) is 11.4. The molecule has 0 aliphatic rings. The van der Waals surface area contributed by atoms with Crippen molar-refractivity contribution in [3.8, 4) is 0 Å². The summed E-state index contributed by atoms with van der Waals surface area (Å²) in [6.45, 7) is 3.87. The maximum atomic E-state index is 11.4. The minimum absolute atomic E-state index is 0.209. The Morgan fingerprint density at radius 1 is 1.44 bits per heavy atom. The number of aryl methyl sites for hydroxylation is 1. The lowest BCUT2D eigenvalue weighted by Gasteiger charge is -1.95. The van der Waals surface area contributed by atoms with Crippen molar-refractivity contribution in [2.24, 2.45) is 0 Å². The summed E-state index contributed by atoms with van der Waals surface area (Å²) in [7, 11) is 0. The van der Waals surface area contributed by atoms with Gasteiger partial charge in [0.2, 0.25) is 0 Å². The average molecular weight is 281 g/mol. The predicted octanol–water partition coefficient (Wildman–Crippen LogP) is 4.03. The molecule has 0 saturated heterocycles. The van der Waals surface area contributed by atoms with E-state index in [9.17, 15) is 4.79 Å². The van der Waals surface area contributed by atoms with E-state index in [0.717, 1.165) is 26.8 Å². The Hall–Kier alpha value is -1.09. The molecule has 1 aromatic carbocycles. The summed E-state index contributed by atoms with van der Waals surface area (Å²) in [6.07, 6.45) is 0.953. The zero-order valence-electron chi connectivity index (χ0n) is 9.34. The first kappa shape index (κ1) is 11.4. The van der Waals surface area contributed by atoms with E-state index in [1.807, 2.05) is 32.0 Å². The Labute approximate surface area is 103 Å². The summed E-state index contributed by atoms with van der Waals surface area (Å²) in [5.74, 6) is 1.00. The molecule has 0 aliphatic carbocycles. The van der Waals surface area contributed by atoms with Crippen LogP contribution in [0, 0.1) is 6.92 Å². The van der Waals surface area contributed by atoms with Crippen LogP contribution in [-0.4, -0.2) is 5.78 Å². The van der Waals surface area contributed by atoms with Crippen molar-refractivity contribution in [1.82, 2.24) is 0 Å². The average Bonchev–Trinajstić information content (AvgIpc) is 2.56. The Kier molecular flexibility index (Phi) is 3.15. The number of Topliss-reactive ketones (excluding diaryl/α,β-unsaturated/α-hetero) is 1. The van der Waals surface area contributed by atoms with Crippen LogP contribution in [0.3, 0.4) is 0 Å². The molecule has 2 nitrogen and oxygen atoms in total. The SMILES string of the molecule is CCC(=O)Cc1oc2ccc(Br)cc2c1C. The zero-order chi connectivity index (χ0) is 11.7. The van der Waals surface area contributed by atoms with Gasteiger partial charge in [-0.25, -0.2) is 0 Å². The molecule has 0 saturated carbocycles. The first-order valence-corrected chi connectivity index (χ1v) is 6.10. The van der Waals surface area contributed by atoms with Gasteiger partial charge in [-0.05, 0) is 30.7 Å². The highest BCUT2D eigenvalue weighted by atomic mass is 79.9. The number of benzene rings is 1. The first-order chi connectivity index (χ1) is 7.61. The third kappa shape index (κ3) is 2.05. The smallest absolute Gasteiger partial charge is 0.140 e. The van der Waals surface area contributed by atoms with Crippen LogP contribution in [0.4, 0.5) is 0 Å². The first-order valence-electron chi connectivity index (χ1n) is 5.31. The minimum atomic E-state index is 0.209. The van der Waals surface area contributed by atoms with Crippen LogP contribution < -0.4 is 0 Å². The summed E-state index contributed by atoms with van der Waals surface area (Å²) < 4.78 is 6.71. The van der Waals surface area contributed by atoms with Crippen molar-refractivity contribution in [1.29, 1.82) is 0 Å². The van der Waals surface area contributed by atoms with Gasteiger partial charge in [-0.1, -0.05) is 22.9 Å². The molecule has 1 aromatic heterocycles. The van der Waals surface area contributed by atoms with E-state index in [0.29, 0.717) is 12.8 Å². The van der Waals surface area contributed by atoms with Gasteiger partial charge in [-0.2, -0.15) is 0 Å². The van der Waals surface area contributed by atoms with Crippen molar-refractivity contribution < 1.29 is 9.21 Å². The number of hydrogen-bond donors (Lipinski definition) is 0. The van der Waals surface area contributed by atoms with Crippen LogP contribution in [0.1, 0.15) is 24.7 Å². The van der Waals surface area contributed by atoms with Gasteiger partial charge in [0, 0.05) is 16.3 Å². The highest BCUT2D eigenvalue weighted by Gasteiger charge is 2.13. The number of rotatable bonds is 3. The van der Waals surface area contributed by atoms with Gasteiger partial charge in [-0.15, -0.1) is 0 Å². The Balaban J connectivity index is 2.48. The molecule has 0 unspecified atom stereocenters. The largest absolute Gasteiger partial charge is 0.460 e. The van der Waals surface area contributed by atoms with Gasteiger partial charge < -0.3 is 4.42 Å². The van der Waals surface area contributed by atoms with E-state index in [2.05, 4.69) is 15.9 Å². The molecule has 16 heavy (non-hydrogen) atoms. The molecular formula is C13H13BrO2. The van der Waals surface area contributed by atoms with Gasteiger partial charge in [0.15, 0.2) is 0 Å². The van der Waals surface area contributed by atoms with Crippen LogP contribution >= 0.6 is 15.9 Å². The van der Waals surface area contributed by atoms with E-state index in [1.165, 1.54) is 0 Å². The van der Waals surface area contributed by atoms with Crippen LogP contribution in [-0.2, 0) is 11.2 Å². The quantitative estimate of drug-likeness (QED) is 0.850. The molecule has 0 bridgehead atoms. The fourth-order valence-corrected chi connectivity index (χ4v) is 2.08. The molecule has 0 N–H and O–H groups in total. The predicted molar refractivity (Wildman–Crippen MR) is 67.7 cm³/mol. The van der Waals surface area contributed by atoms with E-state index in [4.69, 9.17) is 4.42 Å². The van der Waals surface area contributed by atoms with Gasteiger partial charge in [0.1, 0.15) is 17.1 Å². The summed E-state index contributed by atoms with van der Waals surface area (Å²) in [6, 6.07) is 5.89. The second-order valence-corrected chi connectivity index (χ2v) is 4.78. The summed E-state index contributed by atoms with van der Waals surface area (Å²) in [5, 5.41) is 1.08. The maximum Gasteiger partial charge on any atom is 0.140 e. The second kappa shape index (κ2) is 4.42. The molecule has 0 amide bonds. The molecule has 0 fully saturated rings. The lowest BCUT2D eigenvalue weighted by molar-refractivity contribution is -0.118. The molecule has 2 rings (SSSR count). The van der Waals surface area contributed by atoms with Gasteiger partial charge in [0.25, 0.3) is 0 Å². The van der Waals surface area contributed by atoms with Crippen LogP contribution in [0.5, 0.6) is 0 Å². The van der Waals surface area contributed by atoms with Crippen molar-refractivity contribution in [3.05, 3.63) is 34.0 Å². The molecule has 0 spiro atoms.